The molecule has 0 saturated carbocycles. The Bertz CT molecular complexity index is 533. The molecule has 1 saturated heterocycles. The third-order valence-electron chi connectivity index (χ3n) is 3.39. The number of carboxylic acids is 1. The van der Waals surface area contributed by atoms with Crippen molar-refractivity contribution in [3.05, 3.63) is 28.2 Å². The minimum absolute atomic E-state index is 0.124. The van der Waals surface area contributed by atoms with Crippen LogP contribution in [0.5, 0.6) is 0 Å². The van der Waals surface area contributed by atoms with Crippen molar-refractivity contribution in [2.45, 2.75) is 13.3 Å². The van der Waals surface area contributed by atoms with Crippen LogP contribution in [0.2, 0.25) is 0 Å². The molecule has 6 heteroatoms. The largest absolute Gasteiger partial charge is 0.481 e. The number of rotatable bonds is 4. The molecule has 0 aliphatic carbocycles. The molecule has 0 radical (unpaired) electrons. The first-order valence-electron chi connectivity index (χ1n) is 6.47. The van der Waals surface area contributed by atoms with Gasteiger partial charge in [-0.05, 0) is 53.5 Å². The van der Waals surface area contributed by atoms with Crippen molar-refractivity contribution in [3.8, 4) is 0 Å². The number of amides is 1. The summed E-state index contributed by atoms with van der Waals surface area (Å²) in [6.07, 6.45) is 0.608. The van der Waals surface area contributed by atoms with Crippen LogP contribution in [-0.4, -0.2) is 41.5 Å². The summed E-state index contributed by atoms with van der Waals surface area (Å²) in [6.45, 7) is 3.30. The number of anilines is 1. The van der Waals surface area contributed by atoms with Crippen molar-refractivity contribution in [3.63, 3.8) is 0 Å². The van der Waals surface area contributed by atoms with E-state index in [0.717, 1.165) is 15.7 Å². The van der Waals surface area contributed by atoms with E-state index in [1.165, 1.54) is 0 Å². The Morgan fingerprint density at radius 2 is 2.25 bits per heavy atom. The Balaban J connectivity index is 1.88. The summed E-state index contributed by atoms with van der Waals surface area (Å²) in [4.78, 5) is 24.7. The Morgan fingerprint density at radius 1 is 1.50 bits per heavy atom. The topological polar surface area (TPSA) is 69.6 Å². The van der Waals surface area contributed by atoms with Gasteiger partial charge in [0.1, 0.15) is 0 Å². The molecule has 0 aromatic heterocycles. The molecule has 1 aromatic carbocycles. The fraction of sp³-hybridized carbons (Fsp3) is 0.429. The Labute approximate surface area is 126 Å². The predicted octanol–water partition coefficient (Wildman–Crippen LogP) is 2.10. The van der Waals surface area contributed by atoms with Gasteiger partial charge in [-0.3, -0.25) is 14.5 Å². The highest BCUT2D eigenvalue weighted by molar-refractivity contribution is 9.10. The molecule has 1 amide bonds. The number of nitrogens with one attached hydrogen (secondary N) is 1. The number of carbonyl (C=O) groups excluding carboxylic acids is 1. The van der Waals surface area contributed by atoms with Crippen molar-refractivity contribution in [2.24, 2.45) is 5.92 Å². The van der Waals surface area contributed by atoms with E-state index in [-0.39, 0.29) is 18.4 Å². The summed E-state index contributed by atoms with van der Waals surface area (Å²) in [6, 6.07) is 5.71. The summed E-state index contributed by atoms with van der Waals surface area (Å²) in [5, 5.41) is 11.8. The number of aryl methyl sites for hydroxylation is 1. The van der Waals surface area contributed by atoms with Crippen LogP contribution < -0.4 is 5.32 Å². The summed E-state index contributed by atoms with van der Waals surface area (Å²) in [5.74, 6) is -1.26. The van der Waals surface area contributed by atoms with Crippen molar-refractivity contribution < 1.29 is 14.7 Å². The van der Waals surface area contributed by atoms with Crippen LogP contribution in [0.3, 0.4) is 0 Å². The van der Waals surface area contributed by atoms with Crippen LogP contribution in [0.4, 0.5) is 5.69 Å². The van der Waals surface area contributed by atoms with E-state index in [0.29, 0.717) is 19.5 Å². The van der Waals surface area contributed by atoms with Crippen LogP contribution >= 0.6 is 15.9 Å². The van der Waals surface area contributed by atoms with Gasteiger partial charge < -0.3 is 10.4 Å². The van der Waals surface area contributed by atoms with Gasteiger partial charge in [-0.15, -0.1) is 0 Å². The van der Waals surface area contributed by atoms with Crippen LogP contribution in [0, 0.1) is 12.8 Å². The molecular formula is C14H17BrN2O3. The lowest BCUT2D eigenvalue weighted by Crippen LogP contribution is -2.32. The number of carbonyl (C=O) groups is 2. The average Bonchev–Trinajstić information content (AvgIpc) is 2.81. The molecule has 5 nitrogen and oxygen atoms in total. The van der Waals surface area contributed by atoms with Gasteiger partial charge in [-0.2, -0.15) is 0 Å². The Morgan fingerprint density at radius 3 is 2.85 bits per heavy atom. The number of likely N-dealkylation sites (tertiary alicyclic amines) is 1. The molecule has 108 valence electrons. The van der Waals surface area contributed by atoms with E-state index in [2.05, 4.69) is 21.2 Å². The molecule has 2 rings (SSSR count). The molecule has 1 aliphatic rings. The first-order valence-corrected chi connectivity index (χ1v) is 7.26. The van der Waals surface area contributed by atoms with Crippen LogP contribution in [-0.2, 0) is 9.59 Å². The normalized spacial score (nSPS) is 19.0. The Hall–Kier alpha value is -1.40. The number of halogens is 1. The zero-order chi connectivity index (χ0) is 14.7. The maximum Gasteiger partial charge on any atom is 0.307 e. The van der Waals surface area contributed by atoms with Crippen LogP contribution in [0.15, 0.2) is 22.7 Å². The molecule has 1 unspecified atom stereocenters. The zero-order valence-corrected chi connectivity index (χ0v) is 12.8. The van der Waals surface area contributed by atoms with Crippen molar-refractivity contribution >= 4 is 33.5 Å². The first-order chi connectivity index (χ1) is 9.45. The van der Waals surface area contributed by atoms with Crippen molar-refractivity contribution in [1.82, 2.24) is 4.90 Å². The van der Waals surface area contributed by atoms with E-state index in [4.69, 9.17) is 5.11 Å². The number of hydrogen-bond acceptors (Lipinski definition) is 3. The number of hydrogen-bond donors (Lipinski definition) is 2. The zero-order valence-electron chi connectivity index (χ0n) is 11.2. The van der Waals surface area contributed by atoms with Gasteiger partial charge in [0.15, 0.2) is 0 Å². The monoisotopic (exact) mass is 340 g/mol. The molecule has 2 N–H and O–H groups in total. The lowest BCUT2D eigenvalue weighted by Gasteiger charge is -2.15. The molecule has 1 heterocycles. The van der Waals surface area contributed by atoms with Crippen LogP contribution in [0.1, 0.15) is 12.0 Å². The molecule has 0 bridgehead atoms. The van der Waals surface area contributed by atoms with Crippen molar-refractivity contribution in [1.29, 1.82) is 0 Å². The standard InChI is InChI=1S/C14H17BrN2O3/c1-9-2-3-12(11(15)6-9)16-13(18)8-17-5-4-10(7-17)14(19)20/h2-3,6,10H,4-5,7-8H2,1H3,(H,16,18)(H,19,20). The number of nitrogens with zero attached hydrogens (tertiary/aromatic N) is 1. The molecule has 20 heavy (non-hydrogen) atoms. The summed E-state index contributed by atoms with van der Waals surface area (Å²) in [7, 11) is 0. The smallest absolute Gasteiger partial charge is 0.307 e. The maximum atomic E-state index is 12.0. The molecule has 1 aliphatic heterocycles. The van der Waals surface area contributed by atoms with Crippen molar-refractivity contribution in [2.75, 3.05) is 25.0 Å². The third kappa shape index (κ3) is 3.80. The summed E-state index contributed by atoms with van der Waals surface area (Å²) < 4.78 is 0.843. The fourth-order valence-corrected chi connectivity index (χ4v) is 2.88. The molecule has 1 aromatic rings. The lowest BCUT2D eigenvalue weighted by atomic mass is 10.1. The highest BCUT2D eigenvalue weighted by atomic mass is 79.9. The van der Waals surface area contributed by atoms with Gasteiger partial charge in [-0.25, -0.2) is 0 Å². The van der Waals surface area contributed by atoms with E-state index >= 15 is 0 Å². The second-order valence-corrected chi connectivity index (χ2v) is 5.94. The minimum Gasteiger partial charge on any atom is -0.481 e. The maximum absolute atomic E-state index is 12.0. The van der Waals surface area contributed by atoms with E-state index in [9.17, 15) is 9.59 Å². The van der Waals surface area contributed by atoms with Gasteiger partial charge in [0.2, 0.25) is 5.91 Å². The highest BCUT2D eigenvalue weighted by Crippen LogP contribution is 2.23. The van der Waals surface area contributed by atoms with Gasteiger partial charge in [0.05, 0.1) is 18.2 Å². The predicted molar refractivity (Wildman–Crippen MR) is 79.7 cm³/mol. The number of benzene rings is 1. The quantitative estimate of drug-likeness (QED) is 0.880. The molecule has 0 spiro atoms. The second kappa shape index (κ2) is 6.37. The summed E-state index contributed by atoms with van der Waals surface area (Å²) in [5.41, 5.74) is 1.84. The fourth-order valence-electron chi connectivity index (χ4n) is 2.29. The van der Waals surface area contributed by atoms with E-state index < -0.39 is 5.97 Å². The highest BCUT2D eigenvalue weighted by Gasteiger charge is 2.28. The van der Waals surface area contributed by atoms with Gasteiger partial charge in [0, 0.05) is 11.0 Å². The number of aliphatic carboxylic acids is 1. The summed E-state index contributed by atoms with van der Waals surface area (Å²) >= 11 is 3.41. The number of carboxylic acid groups (broad SMARTS) is 1. The molecule has 1 fully saturated rings. The molecule has 1 atom stereocenters. The van der Waals surface area contributed by atoms with E-state index in [1.54, 1.807) is 0 Å². The minimum atomic E-state index is -0.783. The van der Waals surface area contributed by atoms with E-state index in [1.807, 2.05) is 30.0 Å². The Kier molecular flexibility index (Phi) is 4.77. The SMILES string of the molecule is Cc1ccc(NC(=O)CN2CCC(C(=O)O)C2)c(Br)c1. The van der Waals surface area contributed by atoms with Gasteiger partial charge in [-0.1, -0.05) is 6.07 Å². The average molecular weight is 341 g/mol. The lowest BCUT2D eigenvalue weighted by molar-refractivity contribution is -0.141. The third-order valence-corrected chi connectivity index (χ3v) is 4.04. The van der Waals surface area contributed by atoms with Gasteiger partial charge >= 0.3 is 5.97 Å². The molecular weight excluding hydrogens is 324 g/mol. The van der Waals surface area contributed by atoms with Gasteiger partial charge in [0.25, 0.3) is 0 Å². The second-order valence-electron chi connectivity index (χ2n) is 5.09. The first kappa shape index (κ1) is 15.0. The van der Waals surface area contributed by atoms with Crippen LogP contribution in [0.25, 0.3) is 0 Å².